The van der Waals surface area contributed by atoms with E-state index in [1.807, 2.05) is 35.0 Å². The number of benzene rings is 1. The van der Waals surface area contributed by atoms with Crippen molar-refractivity contribution in [2.24, 2.45) is 11.1 Å². The molecule has 0 bridgehead atoms. The third-order valence-electron chi connectivity index (χ3n) is 3.82. The Morgan fingerprint density at radius 2 is 2.17 bits per heavy atom. The van der Waals surface area contributed by atoms with Gasteiger partial charge in [0.2, 0.25) is 15.9 Å². The average Bonchev–Trinajstić information content (AvgIpc) is 3.07. The minimum Gasteiger partial charge on any atom is -0.333 e. The molecular weight excluding hydrogens is 316 g/mol. The summed E-state index contributed by atoms with van der Waals surface area (Å²) < 4.78 is 24.4. The van der Waals surface area contributed by atoms with E-state index in [0.29, 0.717) is 13.1 Å². The molecule has 3 rings (SSSR count). The fourth-order valence-corrected chi connectivity index (χ4v) is 3.77. The lowest BCUT2D eigenvalue weighted by molar-refractivity contribution is -0.117. The highest BCUT2D eigenvalue weighted by Crippen LogP contribution is 2.26. The van der Waals surface area contributed by atoms with Crippen LogP contribution in [0, 0.1) is 5.92 Å². The number of anilines is 1. The van der Waals surface area contributed by atoms with E-state index in [9.17, 15) is 13.2 Å². The topological polar surface area (TPSA) is 98.3 Å². The highest BCUT2D eigenvalue weighted by Gasteiger charge is 2.32. The first kappa shape index (κ1) is 15.7. The first-order chi connectivity index (χ1) is 10.9. The molecule has 0 saturated carbocycles. The summed E-state index contributed by atoms with van der Waals surface area (Å²) in [4.78, 5) is 17.8. The highest BCUT2D eigenvalue weighted by atomic mass is 32.2. The van der Waals surface area contributed by atoms with Gasteiger partial charge >= 0.3 is 0 Å². The minimum absolute atomic E-state index is 0.0709. The van der Waals surface area contributed by atoms with Gasteiger partial charge in [0.1, 0.15) is 0 Å². The van der Waals surface area contributed by atoms with Gasteiger partial charge in [-0.05, 0) is 17.7 Å². The van der Waals surface area contributed by atoms with Crippen LogP contribution in [-0.2, 0) is 21.4 Å². The van der Waals surface area contributed by atoms with Gasteiger partial charge in [-0.1, -0.05) is 12.1 Å². The summed E-state index contributed by atoms with van der Waals surface area (Å²) in [5.41, 5.74) is 1.83. The average molecular weight is 334 g/mol. The van der Waals surface area contributed by atoms with Gasteiger partial charge in [0.05, 0.1) is 12.1 Å². The first-order valence-corrected chi connectivity index (χ1v) is 8.98. The van der Waals surface area contributed by atoms with Gasteiger partial charge in [0.25, 0.3) is 0 Å². The molecule has 8 heteroatoms. The predicted molar refractivity (Wildman–Crippen MR) is 86.2 cm³/mol. The number of hydrogen-bond acceptors (Lipinski definition) is 4. The molecule has 0 spiro atoms. The van der Waals surface area contributed by atoms with Gasteiger partial charge in [-0.15, -0.1) is 0 Å². The Morgan fingerprint density at radius 1 is 1.35 bits per heavy atom. The fourth-order valence-electron chi connectivity index (χ4n) is 2.89. The number of sulfonamides is 1. The molecule has 23 heavy (non-hydrogen) atoms. The van der Waals surface area contributed by atoms with Gasteiger partial charge < -0.3 is 9.47 Å². The zero-order valence-electron chi connectivity index (χ0n) is 12.5. The van der Waals surface area contributed by atoms with Gasteiger partial charge in [-0.3, -0.25) is 4.79 Å². The predicted octanol–water partition coefficient (Wildman–Crippen LogP) is 0.573. The fraction of sp³-hybridized carbons (Fsp3) is 0.333. The number of primary sulfonamides is 1. The van der Waals surface area contributed by atoms with E-state index in [0.717, 1.165) is 11.3 Å². The van der Waals surface area contributed by atoms with Gasteiger partial charge in [-0.25, -0.2) is 18.5 Å². The smallest absolute Gasteiger partial charge is 0.227 e. The summed E-state index contributed by atoms with van der Waals surface area (Å²) in [6.45, 7) is 1.04. The van der Waals surface area contributed by atoms with Crippen molar-refractivity contribution in [3.63, 3.8) is 0 Å². The molecule has 1 saturated heterocycles. The van der Waals surface area contributed by atoms with Crippen LogP contribution in [0.1, 0.15) is 12.0 Å². The zero-order chi connectivity index (χ0) is 16.4. The number of amides is 1. The van der Waals surface area contributed by atoms with Crippen molar-refractivity contribution in [2.45, 2.75) is 13.0 Å². The second-order valence-corrected chi connectivity index (χ2v) is 7.47. The third-order valence-corrected chi connectivity index (χ3v) is 4.76. The lowest BCUT2D eigenvalue weighted by atomic mass is 10.1. The lowest BCUT2D eigenvalue weighted by Crippen LogP contribution is -2.27. The maximum atomic E-state index is 12.2. The second-order valence-electron chi connectivity index (χ2n) is 5.81. The Hall–Kier alpha value is -2.19. The lowest BCUT2D eigenvalue weighted by Gasteiger charge is -2.17. The van der Waals surface area contributed by atoms with Gasteiger partial charge in [-0.2, -0.15) is 0 Å². The van der Waals surface area contributed by atoms with Crippen LogP contribution >= 0.6 is 0 Å². The van der Waals surface area contributed by atoms with Crippen LogP contribution in [0.5, 0.6) is 0 Å². The summed E-state index contributed by atoms with van der Waals surface area (Å²) in [6.07, 6.45) is 5.53. The van der Waals surface area contributed by atoms with E-state index >= 15 is 0 Å². The third kappa shape index (κ3) is 3.96. The van der Waals surface area contributed by atoms with Crippen LogP contribution in [0.4, 0.5) is 5.69 Å². The molecule has 1 unspecified atom stereocenters. The monoisotopic (exact) mass is 334 g/mol. The van der Waals surface area contributed by atoms with E-state index < -0.39 is 10.0 Å². The summed E-state index contributed by atoms with van der Waals surface area (Å²) in [5.74, 6) is -0.488. The van der Waals surface area contributed by atoms with Crippen LogP contribution < -0.4 is 10.0 Å². The van der Waals surface area contributed by atoms with Gasteiger partial charge in [0, 0.05) is 43.5 Å². The van der Waals surface area contributed by atoms with Crippen LogP contribution in [0.15, 0.2) is 43.0 Å². The maximum Gasteiger partial charge on any atom is 0.227 e. The van der Waals surface area contributed by atoms with Crippen molar-refractivity contribution >= 4 is 21.6 Å². The molecule has 1 aliphatic rings. The molecule has 122 valence electrons. The molecule has 1 aliphatic heterocycles. The normalized spacial score (nSPS) is 18.6. The maximum absolute atomic E-state index is 12.2. The summed E-state index contributed by atoms with van der Waals surface area (Å²) in [5, 5.41) is 5.08. The number of nitrogens with zero attached hydrogens (tertiary/aromatic N) is 3. The number of nitrogens with two attached hydrogens (primary N) is 1. The number of aromatic nitrogens is 2. The number of carbonyl (C=O) groups excluding carboxylic acids is 1. The van der Waals surface area contributed by atoms with Crippen molar-refractivity contribution in [2.75, 3.05) is 17.2 Å². The first-order valence-electron chi connectivity index (χ1n) is 7.26. The molecule has 2 N–H and O–H groups in total. The quantitative estimate of drug-likeness (QED) is 0.864. The minimum atomic E-state index is -3.57. The molecule has 1 atom stereocenters. The van der Waals surface area contributed by atoms with E-state index in [1.54, 1.807) is 17.4 Å². The Bertz CT molecular complexity index is 802. The largest absolute Gasteiger partial charge is 0.333 e. The Balaban J connectivity index is 1.75. The van der Waals surface area contributed by atoms with Crippen LogP contribution in [0.2, 0.25) is 0 Å². The molecule has 1 amide bonds. The molecule has 0 radical (unpaired) electrons. The van der Waals surface area contributed by atoms with E-state index in [-0.39, 0.29) is 24.0 Å². The van der Waals surface area contributed by atoms with Crippen LogP contribution in [0.25, 0.3) is 0 Å². The van der Waals surface area contributed by atoms with Crippen LogP contribution in [-0.4, -0.2) is 36.2 Å². The Morgan fingerprint density at radius 3 is 2.87 bits per heavy atom. The summed E-state index contributed by atoms with van der Waals surface area (Å²) >= 11 is 0. The highest BCUT2D eigenvalue weighted by molar-refractivity contribution is 7.89. The SMILES string of the molecule is NS(=O)(=O)CC1CC(=O)N(c2cccc(Cn3ccnc3)c2)C1. The molecule has 7 nitrogen and oxygen atoms in total. The Kier molecular flexibility index (Phi) is 4.18. The molecule has 1 aromatic carbocycles. The van der Waals surface area contributed by atoms with Gasteiger partial charge in [0.15, 0.2) is 0 Å². The summed E-state index contributed by atoms with van der Waals surface area (Å²) in [7, 11) is -3.57. The summed E-state index contributed by atoms with van der Waals surface area (Å²) in [6, 6.07) is 7.67. The van der Waals surface area contributed by atoms with E-state index in [2.05, 4.69) is 4.98 Å². The van der Waals surface area contributed by atoms with Crippen LogP contribution in [0.3, 0.4) is 0 Å². The number of rotatable bonds is 5. The number of carbonyl (C=O) groups is 1. The second kappa shape index (κ2) is 6.13. The number of hydrogen-bond donors (Lipinski definition) is 1. The van der Waals surface area contributed by atoms with E-state index in [1.165, 1.54) is 0 Å². The number of imidazole rings is 1. The molecule has 2 heterocycles. The molecular formula is C15H18N4O3S. The Labute approximate surface area is 134 Å². The van der Waals surface area contributed by atoms with Crippen molar-refractivity contribution in [1.29, 1.82) is 0 Å². The molecule has 2 aromatic rings. The molecule has 1 fully saturated rings. The van der Waals surface area contributed by atoms with Crippen molar-refractivity contribution < 1.29 is 13.2 Å². The van der Waals surface area contributed by atoms with E-state index in [4.69, 9.17) is 5.14 Å². The molecule has 1 aromatic heterocycles. The van der Waals surface area contributed by atoms with Crippen molar-refractivity contribution in [1.82, 2.24) is 9.55 Å². The molecule has 0 aliphatic carbocycles. The van der Waals surface area contributed by atoms with Crippen molar-refractivity contribution in [3.8, 4) is 0 Å². The zero-order valence-corrected chi connectivity index (χ0v) is 13.3. The van der Waals surface area contributed by atoms with Crippen molar-refractivity contribution in [3.05, 3.63) is 48.5 Å². The standard InChI is InChI=1S/C15H18N4O3S/c16-23(21,22)10-13-7-15(20)19(9-13)14-3-1-2-12(6-14)8-18-5-4-17-11-18/h1-6,11,13H,7-10H2,(H2,16,21,22).